The normalized spacial score (nSPS) is 12.2. The second-order valence-electron chi connectivity index (χ2n) is 10.2. The summed E-state index contributed by atoms with van der Waals surface area (Å²) in [5.74, 6) is -0.618. The predicted molar refractivity (Wildman–Crippen MR) is 174 cm³/mol. The van der Waals surface area contributed by atoms with Crippen LogP contribution in [0.3, 0.4) is 0 Å². The average Bonchev–Trinajstić information content (AvgIpc) is 3.72. The number of hydrogen-bond acceptors (Lipinski definition) is 11. The van der Waals surface area contributed by atoms with Crippen molar-refractivity contribution in [2.24, 2.45) is 7.05 Å². The van der Waals surface area contributed by atoms with E-state index in [9.17, 15) is 22.8 Å². The Hall–Kier alpha value is -5.72. The number of rotatable bonds is 11. The van der Waals surface area contributed by atoms with Gasteiger partial charge in [-0.25, -0.2) is 23.0 Å². The molecule has 248 valence electrons. The van der Waals surface area contributed by atoms with Crippen LogP contribution in [0.4, 0.5) is 10.5 Å². The smallest absolute Gasteiger partial charge is 0.411 e. The van der Waals surface area contributed by atoms with E-state index in [0.717, 1.165) is 0 Å². The molecule has 0 aliphatic carbocycles. The van der Waals surface area contributed by atoms with Crippen molar-refractivity contribution in [1.29, 1.82) is 0 Å². The van der Waals surface area contributed by atoms with Gasteiger partial charge in [0.05, 0.1) is 35.8 Å². The number of H-pyrrole nitrogens is 1. The number of amides is 2. The minimum atomic E-state index is -4.07. The number of ether oxygens (including phenoxy) is 1. The van der Waals surface area contributed by atoms with Gasteiger partial charge in [-0.3, -0.25) is 19.6 Å². The molecule has 5 aromatic rings. The molecule has 17 nitrogen and oxygen atoms in total. The van der Waals surface area contributed by atoms with Crippen molar-refractivity contribution in [3.63, 3.8) is 0 Å². The van der Waals surface area contributed by atoms with Gasteiger partial charge in [-0.05, 0) is 65.4 Å². The third-order valence-corrected chi connectivity index (χ3v) is 8.62. The van der Waals surface area contributed by atoms with Crippen molar-refractivity contribution in [2.75, 3.05) is 19.0 Å². The highest BCUT2D eigenvalue weighted by molar-refractivity contribution is 7.89. The summed E-state index contributed by atoms with van der Waals surface area (Å²) in [7, 11) is -1.25. The number of tetrazole rings is 1. The van der Waals surface area contributed by atoms with Crippen molar-refractivity contribution in [3.05, 3.63) is 99.5 Å². The average molecular weight is 694 g/mol. The largest absolute Gasteiger partial charge is 0.453 e. The van der Waals surface area contributed by atoms with Gasteiger partial charge < -0.3 is 10.1 Å². The van der Waals surface area contributed by atoms with E-state index in [-0.39, 0.29) is 28.4 Å². The molecular weight excluding hydrogens is 666 g/mol. The Bertz CT molecular complexity index is 2150. The SMILES string of the molecule is COC(=O)Nc1ccc(-c2cc([C@H](CNS(=O)(=O)c3cn(C)nc3C)NC(=O)/C=C/c3cc(Cl)ccc3-n3cnnn3)n[nH]c2=O)cc1. The van der Waals surface area contributed by atoms with Crippen LogP contribution in [0, 0.1) is 6.92 Å². The topological polar surface area (TPSA) is 221 Å². The molecule has 48 heavy (non-hydrogen) atoms. The number of sulfonamides is 1. The molecule has 0 bridgehead atoms. The summed E-state index contributed by atoms with van der Waals surface area (Å²) in [6.45, 7) is 1.21. The van der Waals surface area contributed by atoms with Crippen LogP contribution in [0.25, 0.3) is 22.9 Å². The Morgan fingerprint density at radius 2 is 1.92 bits per heavy atom. The fourth-order valence-electron chi connectivity index (χ4n) is 4.58. The lowest BCUT2D eigenvalue weighted by Gasteiger charge is -2.18. The summed E-state index contributed by atoms with van der Waals surface area (Å²) in [5.41, 5.74) is 2.01. The van der Waals surface area contributed by atoms with Gasteiger partial charge >= 0.3 is 6.09 Å². The van der Waals surface area contributed by atoms with Gasteiger partial charge in [-0.15, -0.1) is 5.10 Å². The molecule has 2 amide bonds. The number of benzene rings is 2. The lowest BCUT2D eigenvalue weighted by atomic mass is 10.0. The van der Waals surface area contributed by atoms with Crippen molar-refractivity contribution >= 4 is 45.4 Å². The van der Waals surface area contributed by atoms with E-state index in [1.54, 1.807) is 56.4 Å². The van der Waals surface area contributed by atoms with E-state index >= 15 is 0 Å². The molecule has 0 aliphatic rings. The number of hydrogen-bond donors (Lipinski definition) is 4. The summed E-state index contributed by atoms with van der Waals surface area (Å²) < 4.78 is 36.3. The molecule has 0 radical (unpaired) electrons. The second kappa shape index (κ2) is 14.4. The number of halogens is 1. The predicted octanol–water partition coefficient (Wildman–Crippen LogP) is 2.14. The van der Waals surface area contributed by atoms with Gasteiger partial charge in [0.2, 0.25) is 15.9 Å². The quantitative estimate of drug-likeness (QED) is 0.147. The summed E-state index contributed by atoms with van der Waals surface area (Å²) in [6.07, 6.45) is 4.80. The van der Waals surface area contributed by atoms with Crippen LogP contribution >= 0.6 is 11.6 Å². The summed E-state index contributed by atoms with van der Waals surface area (Å²) in [5, 5.41) is 27.4. The monoisotopic (exact) mass is 693 g/mol. The molecule has 2 aromatic carbocycles. The number of methoxy groups -OCH3 is 1. The number of aromatic nitrogens is 8. The molecule has 19 heteroatoms. The number of anilines is 1. The van der Waals surface area contributed by atoms with Gasteiger partial charge in [0, 0.05) is 42.1 Å². The van der Waals surface area contributed by atoms with E-state index < -0.39 is 33.6 Å². The fourth-order valence-corrected chi connectivity index (χ4v) is 6.03. The van der Waals surface area contributed by atoms with Gasteiger partial charge in [0.25, 0.3) is 5.56 Å². The molecule has 0 fully saturated rings. The third kappa shape index (κ3) is 7.97. The Morgan fingerprint density at radius 1 is 1.15 bits per heavy atom. The Balaban J connectivity index is 1.45. The molecule has 3 heterocycles. The first-order valence-electron chi connectivity index (χ1n) is 14.0. The van der Waals surface area contributed by atoms with Crippen molar-refractivity contribution < 1.29 is 22.7 Å². The number of nitrogens with zero attached hydrogens (tertiary/aromatic N) is 7. The second-order valence-corrected chi connectivity index (χ2v) is 12.4. The Labute approximate surface area is 278 Å². The zero-order valence-corrected chi connectivity index (χ0v) is 27.2. The molecule has 4 N–H and O–H groups in total. The zero-order chi connectivity index (χ0) is 34.4. The number of aryl methyl sites for hydroxylation is 2. The van der Waals surface area contributed by atoms with Crippen LogP contribution in [-0.4, -0.2) is 74.3 Å². The minimum Gasteiger partial charge on any atom is -0.453 e. The van der Waals surface area contributed by atoms with Gasteiger partial charge in [-0.2, -0.15) is 14.9 Å². The maximum Gasteiger partial charge on any atom is 0.411 e. The fraction of sp³-hybridized carbons (Fsp3) is 0.172. The van der Waals surface area contributed by atoms with Crippen LogP contribution in [0.15, 0.2) is 76.8 Å². The number of nitrogens with one attached hydrogen (secondary N) is 4. The standard InChI is InChI=1S/C29H28ClN11O6S/c1-17-26(15-40(2)37-17)48(45,46)32-14-24(34-27(42)11-6-19-12-20(30)7-10-25(19)41-16-31-38-39-41)23-13-22(28(43)36-35-23)18-4-8-21(9-5-18)33-29(44)47-3/h4-13,15-16,24,32H,14H2,1-3H3,(H,33,44)(H,34,42)(H,36,43)/b11-6+/t24-/m0/s1. The van der Waals surface area contributed by atoms with E-state index in [4.69, 9.17) is 11.6 Å². The maximum atomic E-state index is 13.3. The van der Waals surface area contributed by atoms with E-state index in [1.807, 2.05) is 0 Å². The Morgan fingerprint density at radius 3 is 2.58 bits per heavy atom. The van der Waals surface area contributed by atoms with E-state index in [1.165, 1.54) is 47.2 Å². The van der Waals surface area contributed by atoms with E-state index in [0.29, 0.717) is 27.5 Å². The molecule has 0 spiro atoms. The number of aromatic amines is 1. The van der Waals surface area contributed by atoms with Crippen molar-refractivity contribution in [2.45, 2.75) is 17.9 Å². The van der Waals surface area contributed by atoms with Crippen LogP contribution in [0.1, 0.15) is 23.0 Å². The Kier molecular flexibility index (Phi) is 10.1. The summed E-state index contributed by atoms with van der Waals surface area (Å²) >= 11 is 6.19. The lowest BCUT2D eigenvalue weighted by molar-refractivity contribution is -0.117. The van der Waals surface area contributed by atoms with E-state index in [2.05, 4.69) is 50.9 Å². The summed E-state index contributed by atoms with van der Waals surface area (Å²) in [4.78, 5) is 37.6. The van der Waals surface area contributed by atoms with Crippen LogP contribution < -0.4 is 20.9 Å². The number of carbonyl (C=O) groups is 2. The first-order valence-corrected chi connectivity index (χ1v) is 15.9. The zero-order valence-electron chi connectivity index (χ0n) is 25.6. The van der Waals surface area contributed by atoms with Gasteiger partial charge in [0.15, 0.2) is 0 Å². The van der Waals surface area contributed by atoms with Crippen LogP contribution in [0.2, 0.25) is 5.02 Å². The molecule has 0 saturated heterocycles. The summed E-state index contributed by atoms with van der Waals surface area (Å²) in [6, 6.07) is 11.6. The molecule has 0 unspecified atom stereocenters. The molecule has 3 aromatic heterocycles. The lowest BCUT2D eigenvalue weighted by Crippen LogP contribution is -2.38. The molecule has 5 rings (SSSR count). The maximum absolute atomic E-state index is 13.3. The van der Waals surface area contributed by atoms with Crippen molar-refractivity contribution in [1.82, 2.24) is 50.2 Å². The molecule has 0 saturated carbocycles. The molecule has 1 atom stereocenters. The van der Waals surface area contributed by atoms with Crippen LogP contribution in [-0.2, 0) is 26.6 Å². The molecular formula is C29H28ClN11O6S. The third-order valence-electron chi connectivity index (χ3n) is 6.86. The highest BCUT2D eigenvalue weighted by Gasteiger charge is 2.24. The van der Waals surface area contributed by atoms with Gasteiger partial charge in [0.1, 0.15) is 11.2 Å². The minimum absolute atomic E-state index is 0.0400. The highest BCUT2D eigenvalue weighted by Crippen LogP contribution is 2.23. The highest BCUT2D eigenvalue weighted by atomic mass is 35.5. The first-order chi connectivity index (χ1) is 22.9. The number of carbonyl (C=O) groups excluding carboxylic acids is 2. The van der Waals surface area contributed by atoms with Gasteiger partial charge in [-0.1, -0.05) is 23.7 Å². The molecule has 0 aliphatic heterocycles. The van der Waals surface area contributed by atoms with Crippen LogP contribution in [0.5, 0.6) is 0 Å². The first kappa shape index (κ1) is 33.6. The van der Waals surface area contributed by atoms with Crippen molar-refractivity contribution in [3.8, 4) is 16.8 Å².